The predicted molar refractivity (Wildman–Crippen MR) is 121 cm³/mol. The SMILES string of the molecule is CCOC(=O)Cc1ccc(OC/C=C(\C)c2ccc3c(c2)Cc2ccccc2-3)cc1. The zero-order chi connectivity index (χ0) is 20.9. The van der Waals surface area contributed by atoms with Crippen LogP contribution >= 0.6 is 0 Å². The topological polar surface area (TPSA) is 35.5 Å². The van der Waals surface area contributed by atoms with Crippen molar-refractivity contribution in [3.05, 3.63) is 95.1 Å². The quantitative estimate of drug-likeness (QED) is 0.367. The van der Waals surface area contributed by atoms with Crippen LogP contribution in [0.2, 0.25) is 0 Å². The minimum atomic E-state index is -0.206. The van der Waals surface area contributed by atoms with Gasteiger partial charge in [-0.2, -0.15) is 0 Å². The Bertz CT molecular complexity index is 1080. The third-order valence-electron chi connectivity index (χ3n) is 5.47. The van der Waals surface area contributed by atoms with E-state index in [4.69, 9.17) is 9.47 Å². The van der Waals surface area contributed by atoms with Gasteiger partial charge in [-0.15, -0.1) is 0 Å². The summed E-state index contributed by atoms with van der Waals surface area (Å²) in [5.41, 5.74) is 8.85. The highest BCUT2D eigenvalue weighted by Crippen LogP contribution is 2.37. The highest BCUT2D eigenvalue weighted by molar-refractivity contribution is 5.79. The number of rotatable bonds is 7. The lowest BCUT2D eigenvalue weighted by atomic mass is 10.00. The van der Waals surface area contributed by atoms with E-state index in [0.29, 0.717) is 13.2 Å². The maximum absolute atomic E-state index is 11.6. The average molecular weight is 399 g/mol. The molecular weight excluding hydrogens is 372 g/mol. The molecule has 1 aliphatic rings. The van der Waals surface area contributed by atoms with Gasteiger partial charge < -0.3 is 9.47 Å². The van der Waals surface area contributed by atoms with Crippen LogP contribution in [0.3, 0.4) is 0 Å². The molecule has 0 amide bonds. The average Bonchev–Trinajstić information content (AvgIpc) is 3.13. The monoisotopic (exact) mass is 398 g/mol. The Hall–Kier alpha value is -3.33. The zero-order valence-electron chi connectivity index (χ0n) is 17.5. The van der Waals surface area contributed by atoms with Crippen molar-refractivity contribution >= 4 is 11.5 Å². The van der Waals surface area contributed by atoms with E-state index in [1.807, 2.05) is 31.2 Å². The third kappa shape index (κ3) is 4.46. The van der Waals surface area contributed by atoms with Crippen LogP contribution in [0.4, 0.5) is 0 Å². The van der Waals surface area contributed by atoms with Crippen molar-refractivity contribution in [2.24, 2.45) is 0 Å². The molecule has 3 nitrogen and oxygen atoms in total. The number of hydrogen-bond donors (Lipinski definition) is 0. The first kappa shape index (κ1) is 20.0. The highest BCUT2D eigenvalue weighted by Gasteiger charge is 2.17. The number of carbonyl (C=O) groups excluding carboxylic acids is 1. The standard InChI is InChI=1S/C27H26O3/c1-3-29-27(28)16-20-8-11-24(12-9-20)30-15-14-19(2)21-10-13-26-23(17-21)18-22-6-4-5-7-25(22)26/h4-14,17H,3,15-16,18H2,1-2H3/b19-14+. The fourth-order valence-corrected chi connectivity index (χ4v) is 3.85. The second kappa shape index (κ2) is 9.00. The Morgan fingerprint density at radius 1 is 0.967 bits per heavy atom. The van der Waals surface area contributed by atoms with Gasteiger partial charge in [0, 0.05) is 0 Å². The van der Waals surface area contributed by atoms with Crippen LogP contribution in [0.1, 0.15) is 36.1 Å². The lowest BCUT2D eigenvalue weighted by molar-refractivity contribution is -0.142. The summed E-state index contributed by atoms with van der Waals surface area (Å²) in [5, 5.41) is 0. The molecule has 0 aromatic heterocycles. The Labute approximate surface area is 178 Å². The number of benzene rings is 3. The van der Waals surface area contributed by atoms with Crippen molar-refractivity contribution in [2.75, 3.05) is 13.2 Å². The number of hydrogen-bond acceptors (Lipinski definition) is 3. The molecule has 30 heavy (non-hydrogen) atoms. The van der Waals surface area contributed by atoms with Crippen LogP contribution in [0.5, 0.6) is 5.75 Å². The number of allylic oxidation sites excluding steroid dienone is 1. The zero-order valence-corrected chi connectivity index (χ0v) is 17.5. The van der Waals surface area contributed by atoms with Gasteiger partial charge in [-0.1, -0.05) is 54.6 Å². The molecule has 1 aliphatic carbocycles. The molecule has 0 unspecified atom stereocenters. The predicted octanol–water partition coefficient (Wildman–Crippen LogP) is 5.85. The maximum Gasteiger partial charge on any atom is 0.310 e. The molecule has 0 heterocycles. The third-order valence-corrected chi connectivity index (χ3v) is 5.47. The molecule has 0 radical (unpaired) electrons. The van der Waals surface area contributed by atoms with Crippen LogP contribution < -0.4 is 4.74 Å². The molecule has 3 heteroatoms. The molecular formula is C27H26O3. The molecule has 4 rings (SSSR count). The van der Waals surface area contributed by atoms with Crippen molar-refractivity contribution in [2.45, 2.75) is 26.7 Å². The molecule has 0 saturated heterocycles. The molecule has 3 aromatic carbocycles. The Morgan fingerprint density at radius 2 is 1.73 bits per heavy atom. The van der Waals surface area contributed by atoms with Gasteiger partial charge >= 0.3 is 5.97 Å². The minimum Gasteiger partial charge on any atom is -0.490 e. The van der Waals surface area contributed by atoms with E-state index in [1.54, 1.807) is 0 Å². The number of esters is 1. The van der Waals surface area contributed by atoms with Gasteiger partial charge in [0.15, 0.2) is 0 Å². The van der Waals surface area contributed by atoms with E-state index in [0.717, 1.165) is 17.7 Å². The van der Waals surface area contributed by atoms with Gasteiger partial charge in [-0.05, 0) is 77.4 Å². The van der Waals surface area contributed by atoms with Crippen LogP contribution in [0.15, 0.2) is 72.8 Å². The molecule has 0 bridgehead atoms. The van der Waals surface area contributed by atoms with Gasteiger partial charge in [-0.3, -0.25) is 4.79 Å². The van der Waals surface area contributed by atoms with Crippen molar-refractivity contribution in [1.82, 2.24) is 0 Å². The van der Waals surface area contributed by atoms with E-state index < -0.39 is 0 Å². The van der Waals surface area contributed by atoms with Crippen molar-refractivity contribution < 1.29 is 14.3 Å². The maximum atomic E-state index is 11.6. The Balaban J connectivity index is 1.36. The van der Waals surface area contributed by atoms with Gasteiger partial charge in [0.05, 0.1) is 13.0 Å². The summed E-state index contributed by atoms with van der Waals surface area (Å²) in [4.78, 5) is 11.6. The summed E-state index contributed by atoms with van der Waals surface area (Å²) in [5.74, 6) is 0.582. The van der Waals surface area contributed by atoms with E-state index in [2.05, 4.69) is 55.5 Å². The first-order valence-electron chi connectivity index (χ1n) is 10.4. The lowest BCUT2D eigenvalue weighted by Crippen LogP contribution is -2.07. The molecule has 152 valence electrons. The van der Waals surface area contributed by atoms with E-state index >= 15 is 0 Å². The van der Waals surface area contributed by atoms with E-state index in [1.165, 1.54) is 33.4 Å². The molecule has 0 spiro atoms. The van der Waals surface area contributed by atoms with Gasteiger partial charge in [-0.25, -0.2) is 0 Å². The van der Waals surface area contributed by atoms with Gasteiger partial charge in [0.2, 0.25) is 0 Å². The van der Waals surface area contributed by atoms with E-state index in [-0.39, 0.29) is 12.4 Å². The van der Waals surface area contributed by atoms with Crippen LogP contribution in [-0.4, -0.2) is 19.2 Å². The summed E-state index contributed by atoms with van der Waals surface area (Å²) in [6.07, 6.45) is 3.40. The van der Waals surface area contributed by atoms with Crippen LogP contribution in [-0.2, 0) is 22.4 Å². The largest absolute Gasteiger partial charge is 0.490 e. The lowest BCUT2D eigenvalue weighted by Gasteiger charge is -2.08. The molecule has 3 aromatic rings. The Kier molecular flexibility index (Phi) is 5.99. The fraction of sp³-hybridized carbons (Fsp3) is 0.222. The first-order valence-corrected chi connectivity index (χ1v) is 10.4. The smallest absolute Gasteiger partial charge is 0.310 e. The van der Waals surface area contributed by atoms with Gasteiger partial charge in [0.25, 0.3) is 0 Å². The fourth-order valence-electron chi connectivity index (χ4n) is 3.85. The second-order valence-corrected chi connectivity index (χ2v) is 7.53. The summed E-state index contributed by atoms with van der Waals surface area (Å²) in [6, 6.07) is 22.9. The van der Waals surface area contributed by atoms with Crippen LogP contribution in [0, 0.1) is 0 Å². The molecule has 0 aliphatic heterocycles. The summed E-state index contributed by atoms with van der Waals surface area (Å²) >= 11 is 0. The number of carbonyl (C=O) groups is 1. The summed E-state index contributed by atoms with van der Waals surface area (Å²) in [7, 11) is 0. The van der Waals surface area contributed by atoms with Crippen molar-refractivity contribution in [3.63, 3.8) is 0 Å². The Morgan fingerprint density at radius 3 is 2.53 bits per heavy atom. The normalized spacial score (nSPS) is 12.3. The van der Waals surface area contributed by atoms with Crippen molar-refractivity contribution in [1.29, 1.82) is 0 Å². The summed E-state index contributed by atoms with van der Waals surface area (Å²) in [6.45, 7) is 4.84. The van der Waals surface area contributed by atoms with Crippen LogP contribution in [0.25, 0.3) is 16.7 Å². The molecule has 0 atom stereocenters. The van der Waals surface area contributed by atoms with E-state index in [9.17, 15) is 4.79 Å². The number of fused-ring (bicyclic) bond motifs is 3. The molecule has 0 N–H and O–H groups in total. The molecule has 0 saturated carbocycles. The number of ether oxygens (including phenoxy) is 2. The summed E-state index contributed by atoms with van der Waals surface area (Å²) < 4.78 is 10.8. The highest BCUT2D eigenvalue weighted by atomic mass is 16.5. The molecule has 0 fully saturated rings. The van der Waals surface area contributed by atoms with Gasteiger partial charge in [0.1, 0.15) is 12.4 Å². The minimum absolute atomic E-state index is 0.206. The second-order valence-electron chi connectivity index (χ2n) is 7.53. The van der Waals surface area contributed by atoms with Crippen molar-refractivity contribution in [3.8, 4) is 16.9 Å². The first-order chi connectivity index (χ1) is 14.6.